The van der Waals surface area contributed by atoms with E-state index in [0.717, 1.165) is 54.0 Å². The fourth-order valence-electron chi connectivity index (χ4n) is 5.74. The number of carbonyl (C=O) groups is 2. The summed E-state index contributed by atoms with van der Waals surface area (Å²) in [6.07, 6.45) is 5.29. The Bertz CT molecular complexity index is 1800. The molecule has 0 unspecified atom stereocenters. The van der Waals surface area contributed by atoms with Crippen molar-refractivity contribution in [1.29, 1.82) is 5.26 Å². The molecule has 2 aliphatic heterocycles. The molecule has 0 radical (unpaired) electrons. The van der Waals surface area contributed by atoms with Crippen molar-refractivity contribution in [2.75, 3.05) is 36.0 Å². The first-order valence-electron chi connectivity index (χ1n) is 15.8. The highest BCUT2D eigenvalue weighted by atomic mass is 35.5. The van der Waals surface area contributed by atoms with Crippen LogP contribution in [-0.2, 0) is 6.54 Å². The molecule has 12 nitrogen and oxygen atoms in total. The molecule has 2 saturated heterocycles. The number of rotatable bonds is 9. The number of nitriles is 1. The van der Waals surface area contributed by atoms with Crippen molar-refractivity contribution in [3.63, 3.8) is 0 Å². The van der Waals surface area contributed by atoms with E-state index >= 15 is 0 Å². The van der Waals surface area contributed by atoms with Gasteiger partial charge in [-0.05, 0) is 60.9 Å². The van der Waals surface area contributed by atoms with Gasteiger partial charge in [-0.2, -0.15) is 18.8 Å². The van der Waals surface area contributed by atoms with Gasteiger partial charge in [-0.15, -0.1) is 12.4 Å². The van der Waals surface area contributed by atoms with Crippen LogP contribution in [0.4, 0.5) is 11.4 Å². The number of hydrogen-bond acceptors (Lipinski definition) is 10. The first kappa shape index (κ1) is 39.4. The van der Waals surface area contributed by atoms with Gasteiger partial charge in [-0.25, -0.2) is 9.97 Å². The molecule has 0 spiro atoms. The van der Waals surface area contributed by atoms with Gasteiger partial charge in [0.15, 0.2) is 0 Å². The standard InChI is InChI=1S/C18H22N4O2.C18H18N4O2.ClH.H2S/c2*1-12-2-5-17(21-10-12)24-14-6-7-22(11-14)16-4-3-13(9-19)8-15(16)18(20)23;;/h2-5,8,10,14H,6-7,9,11,19H2,1H3,(H2,20,23);2-5,8,10,14H,6-7,11H2,1H3,(H2,20,23);1H;1H2/t2*14-;;/m00../s1. The van der Waals surface area contributed by atoms with Gasteiger partial charge in [0.1, 0.15) is 12.2 Å². The van der Waals surface area contributed by atoms with E-state index in [1.54, 1.807) is 30.6 Å². The van der Waals surface area contributed by atoms with E-state index in [1.807, 2.05) is 56.3 Å². The highest BCUT2D eigenvalue weighted by Gasteiger charge is 2.28. The number of benzene rings is 2. The van der Waals surface area contributed by atoms with Crippen molar-refractivity contribution in [3.8, 4) is 17.8 Å². The van der Waals surface area contributed by atoms with Crippen molar-refractivity contribution in [2.45, 2.75) is 45.4 Å². The first-order chi connectivity index (χ1) is 23.1. The average Bonchev–Trinajstić information content (AvgIpc) is 3.76. The van der Waals surface area contributed by atoms with Gasteiger partial charge in [0, 0.05) is 68.4 Å². The third-order valence-electron chi connectivity index (χ3n) is 8.27. The SMILES string of the molecule is Cc1ccc(O[C@H]2CCN(c3ccc(C#N)cc3C(N)=O)C2)nc1.Cc1ccc(O[C@H]2CCN(c3ccc(CN)cc3C(N)=O)C2)nc1.Cl.S. The fraction of sp³-hybridized carbons (Fsp3) is 0.306. The molecule has 6 N–H and O–H groups in total. The van der Waals surface area contributed by atoms with Crippen molar-refractivity contribution >= 4 is 49.1 Å². The predicted molar refractivity (Wildman–Crippen MR) is 201 cm³/mol. The minimum atomic E-state index is -0.535. The van der Waals surface area contributed by atoms with Gasteiger partial charge in [0.25, 0.3) is 11.8 Å². The summed E-state index contributed by atoms with van der Waals surface area (Å²) in [5.74, 6) is 0.250. The number of halogens is 1. The van der Waals surface area contributed by atoms with E-state index in [-0.39, 0.29) is 38.1 Å². The largest absolute Gasteiger partial charge is 0.472 e. The Morgan fingerprint density at radius 3 is 1.70 bits per heavy atom. The average molecular weight is 719 g/mol. The molecule has 4 aromatic rings. The summed E-state index contributed by atoms with van der Waals surface area (Å²) in [5.41, 5.74) is 22.6. The third kappa shape index (κ3) is 10.0. The number of primary amides is 2. The summed E-state index contributed by atoms with van der Waals surface area (Å²) in [5, 5.41) is 8.98. The van der Waals surface area contributed by atoms with E-state index in [9.17, 15) is 9.59 Å². The molecule has 2 atom stereocenters. The number of nitrogens with two attached hydrogens (primary N) is 3. The number of aryl methyl sites for hydroxylation is 2. The molecule has 0 saturated carbocycles. The van der Waals surface area contributed by atoms with Crippen LogP contribution >= 0.6 is 25.9 Å². The summed E-state index contributed by atoms with van der Waals surface area (Å²) >= 11 is 0. The molecule has 0 bridgehead atoms. The summed E-state index contributed by atoms with van der Waals surface area (Å²) < 4.78 is 11.8. The van der Waals surface area contributed by atoms with E-state index in [0.29, 0.717) is 48.1 Å². The lowest BCUT2D eigenvalue weighted by Gasteiger charge is -2.21. The number of amides is 2. The molecule has 4 heterocycles. The molecule has 50 heavy (non-hydrogen) atoms. The quantitative estimate of drug-likeness (QED) is 0.227. The van der Waals surface area contributed by atoms with Crippen molar-refractivity contribution in [1.82, 2.24) is 9.97 Å². The third-order valence-corrected chi connectivity index (χ3v) is 8.27. The van der Waals surface area contributed by atoms with Crippen LogP contribution in [0.15, 0.2) is 73.1 Å². The van der Waals surface area contributed by atoms with Gasteiger partial charge in [0.2, 0.25) is 11.8 Å². The molecule has 2 fully saturated rings. The lowest BCUT2D eigenvalue weighted by Crippen LogP contribution is -2.27. The summed E-state index contributed by atoms with van der Waals surface area (Å²) in [4.78, 5) is 36.2. The van der Waals surface area contributed by atoms with Crippen LogP contribution in [0.1, 0.15) is 55.8 Å². The van der Waals surface area contributed by atoms with Crippen LogP contribution in [0.2, 0.25) is 0 Å². The Kier molecular flexibility index (Phi) is 14.3. The molecule has 2 aromatic heterocycles. The maximum atomic E-state index is 11.8. The highest BCUT2D eigenvalue weighted by molar-refractivity contribution is 7.59. The second-order valence-corrected chi connectivity index (χ2v) is 11.9. The number of ether oxygens (including phenoxy) is 2. The number of carbonyl (C=O) groups excluding carboxylic acids is 2. The first-order valence-corrected chi connectivity index (χ1v) is 15.8. The van der Waals surface area contributed by atoms with E-state index in [1.165, 1.54) is 6.07 Å². The fourth-order valence-corrected chi connectivity index (χ4v) is 5.74. The minimum Gasteiger partial charge on any atom is -0.472 e. The topological polar surface area (TPSA) is 187 Å². The van der Waals surface area contributed by atoms with E-state index in [4.69, 9.17) is 31.9 Å². The van der Waals surface area contributed by atoms with Crippen molar-refractivity contribution in [3.05, 3.63) is 106 Å². The maximum absolute atomic E-state index is 11.8. The number of pyridine rings is 2. The van der Waals surface area contributed by atoms with Crippen molar-refractivity contribution in [2.24, 2.45) is 17.2 Å². The smallest absolute Gasteiger partial charge is 0.250 e. The Hall–Kier alpha value is -5.03. The molecule has 2 aromatic carbocycles. The second kappa shape index (κ2) is 18.1. The zero-order valence-corrected chi connectivity index (χ0v) is 29.9. The zero-order chi connectivity index (χ0) is 34.2. The molecule has 2 amide bonds. The number of hydrogen-bond donors (Lipinski definition) is 3. The van der Waals surface area contributed by atoms with Crippen LogP contribution in [0.3, 0.4) is 0 Å². The van der Waals surface area contributed by atoms with E-state index in [2.05, 4.69) is 19.8 Å². The summed E-state index contributed by atoms with van der Waals surface area (Å²) in [6.45, 7) is 7.24. The normalized spacial score (nSPS) is 16.2. The molecule has 0 aliphatic carbocycles. The highest BCUT2D eigenvalue weighted by Crippen LogP contribution is 2.29. The van der Waals surface area contributed by atoms with Crippen LogP contribution in [0.25, 0.3) is 0 Å². The van der Waals surface area contributed by atoms with Gasteiger partial charge in [-0.3, -0.25) is 9.59 Å². The minimum absolute atomic E-state index is 0. The molecular weight excluding hydrogens is 676 g/mol. The molecule has 6 rings (SSSR count). The second-order valence-electron chi connectivity index (χ2n) is 11.9. The maximum Gasteiger partial charge on any atom is 0.250 e. The predicted octanol–water partition coefficient (Wildman–Crippen LogP) is 4.16. The van der Waals surface area contributed by atoms with Crippen LogP contribution in [0.5, 0.6) is 11.8 Å². The van der Waals surface area contributed by atoms with Gasteiger partial charge >= 0.3 is 0 Å². The zero-order valence-electron chi connectivity index (χ0n) is 28.0. The molecular formula is C36H43ClN8O4S. The van der Waals surface area contributed by atoms with Crippen molar-refractivity contribution < 1.29 is 19.1 Å². The van der Waals surface area contributed by atoms with Gasteiger partial charge in [0.05, 0.1) is 35.8 Å². The van der Waals surface area contributed by atoms with Gasteiger partial charge in [-0.1, -0.05) is 18.2 Å². The van der Waals surface area contributed by atoms with Crippen LogP contribution in [0, 0.1) is 25.2 Å². The Labute approximate surface area is 305 Å². The summed E-state index contributed by atoms with van der Waals surface area (Å²) in [6, 6.07) is 20.3. The molecule has 2 aliphatic rings. The number of aromatic nitrogens is 2. The summed E-state index contributed by atoms with van der Waals surface area (Å²) in [7, 11) is 0. The van der Waals surface area contributed by atoms with Crippen LogP contribution in [-0.4, -0.2) is 60.2 Å². The number of nitrogens with zero attached hydrogens (tertiary/aromatic N) is 5. The van der Waals surface area contributed by atoms with E-state index < -0.39 is 11.8 Å². The van der Waals surface area contributed by atoms with Crippen LogP contribution < -0.4 is 36.5 Å². The monoisotopic (exact) mass is 718 g/mol. The lowest BCUT2D eigenvalue weighted by molar-refractivity contribution is 0.0992. The molecule has 14 heteroatoms. The Morgan fingerprint density at radius 2 is 1.28 bits per heavy atom. The van der Waals surface area contributed by atoms with Gasteiger partial charge < -0.3 is 36.5 Å². The molecule has 264 valence electrons. The Balaban J connectivity index is 0.000000260. The number of anilines is 2. The Morgan fingerprint density at radius 1 is 0.800 bits per heavy atom. The lowest BCUT2D eigenvalue weighted by atomic mass is 10.1.